The topological polar surface area (TPSA) is 30.7 Å². The first-order valence-electron chi connectivity index (χ1n) is 3.19. The van der Waals surface area contributed by atoms with Gasteiger partial charge in [-0.2, -0.15) is 5.10 Å². The Labute approximate surface area is 68.3 Å². The van der Waals surface area contributed by atoms with E-state index in [1.807, 2.05) is 12.3 Å². The fourth-order valence-corrected chi connectivity index (χ4v) is 1.52. The van der Waals surface area contributed by atoms with E-state index in [-0.39, 0.29) is 0 Å². The van der Waals surface area contributed by atoms with Crippen molar-refractivity contribution < 1.29 is 0 Å². The maximum atomic E-state index is 4.25. The Bertz CT molecular complexity index is 336. The SMILES string of the molecule is Cc1csc(-n2c[c]cn2)n1. The molecule has 2 rings (SSSR count). The molecule has 1 radical (unpaired) electrons. The van der Waals surface area contributed by atoms with Crippen LogP contribution in [0.15, 0.2) is 17.8 Å². The monoisotopic (exact) mass is 164 g/mol. The van der Waals surface area contributed by atoms with E-state index in [1.54, 1.807) is 28.4 Å². The minimum Gasteiger partial charge on any atom is -0.224 e. The van der Waals surface area contributed by atoms with Gasteiger partial charge in [0.15, 0.2) is 0 Å². The molecule has 2 heterocycles. The van der Waals surface area contributed by atoms with Gasteiger partial charge in [-0.25, -0.2) is 9.67 Å². The number of hydrogen-bond donors (Lipinski definition) is 0. The van der Waals surface area contributed by atoms with Crippen molar-refractivity contribution in [2.75, 3.05) is 0 Å². The summed E-state index contributed by atoms with van der Waals surface area (Å²) in [6.07, 6.45) is 3.38. The second kappa shape index (κ2) is 2.47. The van der Waals surface area contributed by atoms with Crippen molar-refractivity contribution in [1.29, 1.82) is 0 Å². The molecule has 0 spiro atoms. The van der Waals surface area contributed by atoms with Crippen molar-refractivity contribution in [3.63, 3.8) is 0 Å². The number of aromatic nitrogens is 3. The maximum absolute atomic E-state index is 4.25. The van der Waals surface area contributed by atoms with Crippen molar-refractivity contribution >= 4 is 11.3 Å². The molecule has 55 valence electrons. The van der Waals surface area contributed by atoms with E-state index in [2.05, 4.69) is 16.1 Å². The predicted octanol–water partition coefficient (Wildman–Crippen LogP) is 1.44. The summed E-state index contributed by atoms with van der Waals surface area (Å²) in [5, 5.41) is 6.90. The van der Waals surface area contributed by atoms with E-state index in [0.717, 1.165) is 10.8 Å². The van der Waals surface area contributed by atoms with Crippen LogP contribution in [-0.4, -0.2) is 14.8 Å². The third kappa shape index (κ3) is 1.17. The van der Waals surface area contributed by atoms with E-state index in [1.165, 1.54) is 0 Å². The molecule has 0 bridgehead atoms. The van der Waals surface area contributed by atoms with Gasteiger partial charge < -0.3 is 0 Å². The Morgan fingerprint density at radius 2 is 2.55 bits per heavy atom. The largest absolute Gasteiger partial charge is 0.224 e. The van der Waals surface area contributed by atoms with Crippen LogP contribution in [0, 0.1) is 13.0 Å². The highest BCUT2D eigenvalue weighted by Crippen LogP contribution is 2.11. The molecule has 3 nitrogen and oxygen atoms in total. The first-order valence-corrected chi connectivity index (χ1v) is 4.07. The lowest BCUT2D eigenvalue weighted by atomic mass is 10.6. The molecule has 0 fully saturated rings. The Morgan fingerprint density at radius 3 is 3.09 bits per heavy atom. The molecule has 0 amide bonds. The average Bonchev–Trinajstić information content (AvgIpc) is 2.55. The summed E-state index contributed by atoms with van der Waals surface area (Å²) in [6, 6.07) is 2.86. The molecule has 11 heavy (non-hydrogen) atoms. The van der Waals surface area contributed by atoms with Gasteiger partial charge in [-0.15, -0.1) is 11.3 Å². The highest BCUT2D eigenvalue weighted by molar-refractivity contribution is 7.12. The predicted molar refractivity (Wildman–Crippen MR) is 42.8 cm³/mol. The zero-order valence-electron chi connectivity index (χ0n) is 5.98. The molecule has 0 aliphatic heterocycles. The zero-order chi connectivity index (χ0) is 7.68. The van der Waals surface area contributed by atoms with E-state index in [0.29, 0.717) is 0 Å². The van der Waals surface area contributed by atoms with E-state index >= 15 is 0 Å². The summed E-state index contributed by atoms with van der Waals surface area (Å²) in [7, 11) is 0. The van der Waals surface area contributed by atoms with Gasteiger partial charge in [0.1, 0.15) is 0 Å². The Morgan fingerprint density at radius 1 is 1.64 bits per heavy atom. The lowest BCUT2D eigenvalue weighted by molar-refractivity contribution is 0.865. The molecule has 2 aromatic rings. The third-order valence-corrected chi connectivity index (χ3v) is 2.20. The van der Waals surface area contributed by atoms with Crippen molar-refractivity contribution in [2.24, 2.45) is 0 Å². The van der Waals surface area contributed by atoms with Crippen molar-refractivity contribution in [3.8, 4) is 5.13 Å². The quantitative estimate of drug-likeness (QED) is 0.638. The van der Waals surface area contributed by atoms with Crippen molar-refractivity contribution in [3.05, 3.63) is 29.5 Å². The summed E-state index contributed by atoms with van der Waals surface area (Å²) >= 11 is 1.58. The van der Waals surface area contributed by atoms with Crippen LogP contribution in [0.2, 0.25) is 0 Å². The molecule has 0 N–H and O–H groups in total. The number of aryl methyl sites for hydroxylation is 1. The fourth-order valence-electron chi connectivity index (χ4n) is 0.784. The molecular weight excluding hydrogens is 158 g/mol. The van der Waals surface area contributed by atoms with Gasteiger partial charge in [-0.1, -0.05) is 0 Å². The van der Waals surface area contributed by atoms with Gasteiger partial charge in [0.2, 0.25) is 5.13 Å². The van der Waals surface area contributed by atoms with Crippen LogP contribution in [0.25, 0.3) is 5.13 Å². The van der Waals surface area contributed by atoms with Crippen LogP contribution in [0.4, 0.5) is 0 Å². The van der Waals surface area contributed by atoms with Crippen LogP contribution in [0.1, 0.15) is 5.69 Å². The van der Waals surface area contributed by atoms with Gasteiger partial charge >= 0.3 is 0 Å². The fraction of sp³-hybridized carbons (Fsp3) is 0.143. The minimum absolute atomic E-state index is 0.892. The molecule has 0 aliphatic rings. The standard InChI is InChI=1S/C7H6N3S/c1-6-5-11-7(9-6)10-4-2-3-8-10/h3-5H,1H3. The second-order valence-electron chi connectivity index (χ2n) is 2.16. The second-order valence-corrected chi connectivity index (χ2v) is 2.99. The summed E-state index contributed by atoms with van der Waals surface area (Å²) in [6.45, 7) is 1.97. The summed E-state index contributed by atoms with van der Waals surface area (Å²) in [4.78, 5) is 4.25. The molecular formula is C7H6N3S. The highest BCUT2D eigenvalue weighted by Gasteiger charge is 1.99. The van der Waals surface area contributed by atoms with E-state index in [4.69, 9.17) is 0 Å². The maximum Gasteiger partial charge on any atom is 0.210 e. The lowest BCUT2D eigenvalue weighted by Gasteiger charge is -1.90. The molecule has 0 saturated heterocycles. The van der Waals surface area contributed by atoms with Gasteiger partial charge in [-0.3, -0.25) is 0 Å². The number of rotatable bonds is 1. The highest BCUT2D eigenvalue weighted by atomic mass is 32.1. The minimum atomic E-state index is 0.892. The average molecular weight is 164 g/mol. The van der Waals surface area contributed by atoms with Crippen LogP contribution < -0.4 is 0 Å². The van der Waals surface area contributed by atoms with Crippen molar-refractivity contribution in [2.45, 2.75) is 6.92 Å². The van der Waals surface area contributed by atoms with Crippen LogP contribution in [0.5, 0.6) is 0 Å². The Hall–Kier alpha value is -1.16. The summed E-state index contributed by atoms with van der Waals surface area (Å²) in [5.41, 5.74) is 1.03. The first-order chi connectivity index (χ1) is 5.36. The van der Waals surface area contributed by atoms with Gasteiger partial charge in [-0.05, 0) is 6.92 Å². The third-order valence-electron chi connectivity index (χ3n) is 1.26. The van der Waals surface area contributed by atoms with Crippen LogP contribution in [-0.2, 0) is 0 Å². The Balaban J connectivity index is 2.45. The molecule has 0 aromatic carbocycles. The first kappa shape index (κ1) is 6.54. The number of nitrogens with zero attached hydrogens (tertiary/aromatic N) is 3. The molecule has 2 aromatic heterocycles. The molecule has 0 atom stereocenters. The van der Waals surface area contributed by atoms with Gasteiger partial charge in [0.25, 0.3) is 0 Å². The van der Waals surface area contributed by atoms with Crippen LogP contribution >= 0.6 is 11.3 Å². The van der Waals surface area contributed by atoms with Gasteiger partial charge in [0, 0.05) is 17.6 Å². The summed E-state index contributed by atoms with van der Waals surface area (Å²) in [5.74, 6) is 0. The molecule has 0 aliphatic carbocycles. The summed E-state index contributed by atoms with van der Waals surface area (Å²) < 4.78 is 1.71. The van der Waals surface area contributed by atoms with E-state index < -0.39 is 0 Å². The Kier molecular flexibility index (Phi) is 1.47. The van der Waals surface area contributed by atoms with E-state index in [9.17, 15) is 0 Å². The molecule has 0 saturated carbocycles. The lowest BCUT2D eigenvalue weighted by Crippen LogP contribution is -1.92. The van der Waals surface area contributed by atoms with Gasteiger partial charge in [0.05, 0.1) is 11.9 Å². The molecule has 4 heteroatoms. The number of thiazole rings is 1. The zero-order valence-corrected chi connectivity index (χ0v) is 6.80. The molecule has 0 unspecified atom stereocenters. The normalized spacial score (nSPS) is 10.3. The smallest absolute Gasteiger partial charge is 0.210 e. The number of hydrogen-bond acceptors (Lipinski definition) is 3. The van der Waals surface area contributed by atoms with Crippen molar-refractivity contribution in [1.82, 2.24) is 14.8 Å². The van der Waals surface area contributed by atoms with Crippen LogP contribution in [0.3, 0.4) is 0 Å².